The lowest BCUT2D eigenvalue weighted by Crippen LogP contribution is -2.40. The van der Waals surface area contributed by atoms with Crippen molar-refractivity contribution in [2.75, 3.05) is 0 Å². The topological polar surface area (TPSA) is 48.2 Å². The van der Waals surface area contributed by atoms with Gasteiger partial charge in [-0.25, -0.2) is 4.39 Å². The fourth-order valence-corrected chi connectivity index (χ4v) is 2.20. The van der Waals surface area contributed by atoms with Crippen molar-refractivity contribution >= 4 is 22.3 Å². The largest absolute Gasteiger partial charge is 0.598 e. The van der Waals surface area contributed by atoms with Crippen LogP contribution in [0, 0.1) is 5.82 Å². The van der Waals surface area contributed by atoms with Crippen molar-refractivity contribution in [2.45, 2.75) is 38.4 Å². The average molecular weight is 286 g/mol. The van der Waals surface area contributed by atoms with Gasteiger partial charge in [0, 0.05) is 20.9 Å². The summed E-state index contributed by atoms with van der Waals surface area (Å²) >= 11 is -1.58. The van der Waals surface area contributed by atoms with Crippen LogP contribution in [0.15, 0.2) is 28.7 Å². The molecule has 0 saturated heterocycles. The molecule has 0 amide bonds. The zero-order chi connectivity index (χ0) is 16.7. The third-order valence-electron chi connectivity index (χ3n) is 2.56. The summed E-state index contributed by atoms with van der Waals surface area (Å²) in [6.07, 6.45) is 0. The van der Waals surface area contributed by atoms with Gasteiger partial charge in [-0.15, -0.1) is 4.72 Å². The summed E-state index contributed by atoms with van der Waals surface area (Å²) in [5.41, 5.74) is 0.383. The number of rotatable bonds is 3. The van der Waals surface area contributed by atoms with Crippen LogP contribution in [0.3, 0.4) is 0 Å². The normalized spacial score (nSPS) is 18.7. The first kappa shape index (κ1) is 10.7. The first-order valence-corrected chi connectivity index (χ1v) is 7.00. The first-order valence-electron chi connectivity index (χ1n) is 7.35. The highest BCUT2D eigenvalue weighted by Crippen LogP contribution is 2.26. The van der Waals surface area contributed by atoms with E-state index in [9.17, 15) is 8.94 Å². The lowest BCUT2D eigenvalue weighted by atomic mass is 10.2. The van der Waals surface area contributed by atoms with Gasteiger partial charge in [0.05, 0.1) is 0 Å². The summed E-state index contributed by atoms with van der Waals surface area (Å²) in [4.78, 5) is 0. The lowest BCUT2D eigenvalue weighted by molar-refractivity contribution is 0.475. The van der Waals surface area contributed by atoms with Gasteiger partial charge in [0.1, 0.15) is 27.9 Å². The van der Waals surface area contributed by atoms with Crippen LogP contribution in [0.2, 0.25) is 0 Å². The molecule has 0 bridgehead atoms. The van der Waals surface area contributed by atoms with Crippen LogP contribution in [0.25, 0.3) is 11.0 Å². The molecular formula is C14H18FNO2S. The van der Waals surface area contributed by atoms with Crippen LogP contribution in [0.5, 0.6) is 0 Å². The third kappa shape index (κ3) is 3.29. The van der Waals surface area contributed by atoms with E-state index in [0.29, 0.717) is 11.0 Å². The highest BCUT2D eigenvalue weighted by Gasteiger charge is 2.29. The second-order valence-corrected chi connectivity index (χ2v) is 7.26. The number of nitrogens with one attached hydrogen (secondary N) is 1. The minimum Gasteiger partial charge on any atom is -0.598 e. The minimum absolute atomic E-state index is 0.109. The number of halogens is 1. The lowest BCUT2D eigenvalue weighted by Gasteiger charge is -2.25. The summed E-state index contributed by atoms with van der Waals surface area (Å²) in [6.45, 7) is 2.76. The predicted octanol–water partition coefficient (Wildman–Crippen LogP) is 3.68. The van der Waals surface area contributed by atoms with E-state index in [1.807, 2.05) is 0 Å². The van der Waals surface area contributed by atoms with Crippen molar-refractivity contribution in [1.29, 1.82) is 0 Å². The Kier molecular flexibility index (Phi) is 2.90. The van der Waals surface area contributed by atoms with Gasteiger partial charge >= 0.3 is 0 Å². The summed E-state index contributed by atoms with van der Waals surface area (Å²) in [6, 6.07) is 4.16. The standard InChI is InChI=1S/C14H18FNO2S/c1-9(16-19(17)14(2,3)4)13-8-10-7-11(15)5-6-12(10)18-13/h5-9,16H,1-4H3/i1D3. The van der Waals surface area contributed by atoms with E-state index in [0.717, 1.165) is 0 Å². The van der Waals surface area contributed by atoms with Crippen molar-refractivity contribution in [2.24, 2.45) is 0 Å². The molecule has 1 aromatic carbocycles. The molecule has 5 heteroatoms. The Labute approximate surface area is 119 Å². The molecule has 3 nitrogen and oxygen atoms in total. The molecule has 2 atom stereocenters. The van der Waals surface area contributed by atoms with Gasteiger partial charge in [-0.1, -0.05) is 0 Å². The zero-order valence-corrected chi connectivity index (χ0v) is 11.8. The van der Waals surface area contributed by atoms with Gasteiger partial charge in [0.2, 0.25) is 0 Å². The molecule has 0 aliphatic carbocycles. The van der Waals surface area contributed by atoms with Crippen molar-refractivity contribution in [3.63, 3.8) is 0 Å². The van der Waals surface area contributed by atoms with Gasteiger partial charge in [0.25, 0.3) is 0 Å². The first-order chi connectivity index (χ1) is 9.98. The number of furan rings is 1. The van der Waals surface area contributed by atoms with Gasteiger partial charge in [0.15, 0.2) is 0 Å². The van der Waals surface area contributed by atoms with E-state index in [4.69, 9.17) is 8.53 Å². The van der Waals surface area contributed by atoms with E-state index in [2.05, 4.69) is 4.72 Å². The second-order valence-electron chi connectivity index (χ2n) is 5.26. The zero-order valence-electron chi connectivity index (χ0n) is 14.0. The van der Waals surface area contributed by atoms with Crippen molar-refractivity contribution in [3.8, 4) is 0 Å². The Bertz CT molecular complexity index is 666. The molecule has 104 valence electrons. The monoisotopic (exact) mass is 286 g/mol. The summed E-state index contributed by atoms with van der Waals surface area (Å²) in [7, 11) is 0. The third-order valence-corrected chi connectivity index (χ3v) is 4.13. The average Bonchev–Trinajstić information content (AvgIpc) is 2.75. The molecular weight excluding hydrogens is 265 g/mol. The maximum atomic E-state index is 13.2. The van der Waals surface area contributed by atoms with Crippen molar-refractivity contribution in [3.05, 3.63) is 35.8 Å². The SMILES string of the molecule is [2H]C([2H])([2H])C(N[S+]([O-])C(C)(C)C)c1cc2cc(F)ccc2o1. The Morgan fingerprint density at radius 3 is 2.79 bits per heavy atom. The Morgan fingerprint density at radius 1 is 1.42 bits per heavy atom. The molecule has 0 radical (unpaired) electrons. The number of hydrogen-bond donors (Lipinski definition) is 1. The van der Waals surface area contributed by atoms with E-state index in [1.165, 1.54) is 24.3 Å². The van der Waals surface area contributed by atoms with Crippen LogP contribution in [-0.4, -0.2) is 9.30 Å². The van der Waals surface area contributed by atoms with E-state index < -0.39 is 34.8 Å². The Hall–Kier alpha value is -1.04. The fraction of sp³-hybridized carbons (Fsp3) is 0.429. The molecule has 19 heavy (non-hydrogen) atoms. The van der Waals surface area contributed by atoms with Gasteiger partial charge in [-0.3, -0.25) is 0 Å². The molecule has 1 heterocycles. The molecule has 0 aliphatic rings. The quantitative estimate of drug-likeness (QED) is 0.875. The summed E-state index contributed by atoms with van der Waals surface area (Å²) in [5, 5.41) is 0.465. The summed E-state index contributed by atoms with van der Waals surface area (Å²) < 4.78 is 55.9. The molecule has 2 aromatic rings. The van der Waals surface area contributed by atoms with Crippen molar-refractivity contribution in [1.82, 2.24) is 4.72 Å². The molecule has 2 rings (SSSR count). The maximum Gasteiger partial charge on any atom is 0.136 e. The van der Waals surface area contributed by atoms with Crippen LogP contribution >= 0.6 is 0 Å². The van der Waals surface area contributed by atoms with E-state index in [-0.39, 0.29) is 5.76 Å². The molecule has 2 unspecified atom stereocenters. The number of fused-ring (bicyclic) bond motifs is 1. The smallest absolute Gasteiger partial charge is 0.136 e. The van der Waals surface area contributed by atoms with Crippen LogP contribution in [-0.2, 0) is 11.4 Å². The summed E-state index contributed by atoms with van der Waals surface area (Å²) in [5.74, 6) is -0.324. The van der Waals surface area contributed by atoms with E-state index in [1.54, 1.807) is 20.8 Å². The molecule has 0 spiro atoms. The number of benzene rings is 1. The fourth-order valence-electron chi connectivity index (χ4n) is 1.52. The highest BCUT2D eigenvalue weighted by molar-refractivity contribution is 7.90. The molecule has 0 saturated carbocycles. The second kappa shape index (κ2) is 5.15. The van der Waals surface area contributed by atoms with Gasteiger partial charge < -0.3 is 8.97 Å². The van der Waals surface area contributed by atoms with Crippen LogP contribution < -0.4 is 4.72 Å². The molecule has 1 aromatic heterocycles. The van der Waals surface area contributed by atoms with E-state index >= 15 is 0 Å². The van der Waals surface area contributed by atoms with Gasteiger partial charge in [-0.05, 0) is 51.9 Å². The Morgan fingerprint density at radius 2 is 2.16 bits per heavy atom. The minimum atomic E-state index is -2.45. The van der Waals surface area contributed by atoms with Crippen LogP contribution in [0.1, 0.15) is 43.5 Å². The van der Waals surface area contributed by atoms with Crippen LogP contribution in [0.4, 0.5) is 4.39 Å². The van der Waals surface area contributed by atoms with Gasteiger partial charge in [-0.2, -0.15) is 0 Å². The number of hydrogen-bond acceptors (Lipinski definition) is 3. The Balaban J connectivity index is 2.39. The van der Waals surface area contributed by atoms with Crippen molar-refractivity contribution < 1.29 is 17.5 Å². The maximum absolute atomic E-state index is 13.2. The molecule has 0 fully saturated rings. The molecule has 0 aliphatic heterocycles. The highest BCUT2D eigenvalue weighted by atomic mass is 32.2. The predicted molar refractivity (Wildman–Crippen MR) is 75.6 cm³/mol. The molecule has 1 N–H and O–H groups in total.